The van der Waals surface area contributed by atoms with Crippen molar-refractivity contribution >= 4 is 6.03 Å². The van der Waals surface area contributed by atoms with Gasteiger partial charge in [0.05, 0.1) is 0 Å². The fourth-order valence-electron chi connectivity index (χ4n) is 2.48. The molecule has 92 valence electrons. The maximum atomic E-state index is 11.7. The SMILES string of the molecule is CC1CC(NC(=O)NC2CCCOCC2)C1. The van der Waals surface area contributed by atoms with Gasteiger partial charge in [-0.05, 0) is 38.0 Å². The summed E-state index contributed by atoms with van der Waals surface area (Å²) in [5.41, 5.74) is 0. The first-order valence-corrected chi connectivity index (χ1v) is 6.39. The van der Waals surface area contributed by atoms with Crippen LogP contribution < -0.4 is 10.6 Å². The molecule has 2 fully saturated rings. The minimum Gasteiger partial charge on any atom is -0.381 e. The van der Waals surface area contributed by atoms with Gasteiger partial charge in [0.2, 0.25) is 0 Å². The molecule has 2 aliphatic rings. The summed E-state index contributed by atoms with van der Waals surface area (Å²) in [7, 11) is 0. The van der Waals surface area contributed by atoms with Crippen molar-refractivity contribution in [3.8, 4) is 0 Å². The average molecular weight is 226 g/mol. The van der Waals surface area contributed by atoms with Crippen molar-refractivity contribution in [1.82, 2.24) is 10.6 Å². The lowest BCUT2D eigenvalue weighted by Crippen LogP contribution is -2.50. The fraction of sp³-hybridized carbons (Fsp3) is 0.917. The lowest BCUT2D eigenvalue weighted by molar-refractivity contribution is 0.142. The summed E-state index contributed by atoms with van der Waals surface area (Å²) in [6.45, 7) is 3.82. The highest BCUT2D eigenvalue weighted by Crippen LogP contribution is 2.26. The van der Waals surface area contributed by atoms with Gasteiger partial charge in [0, 0.05) is 25.3 Å². The fourth-order valence-corrected chi connectivity index (χ4v) is 2.48. The van der Waals surface area contributed by atoms with Gasteiger partial charge in [0.25, 0.3) is 0 Å². The molecule has 16 heavy (non-hydrogen) atoms. The highest BCUT2D eigenvalue weighted by Gasteiger charge is 2.27. The number of ether oxygens (including phenoxy) is 1. The normalized spacial score (nSPS) is 34.7. The minimum atomic E-state index is 0.00352. The molecule has 1 aliphatic carbocycles. The first-order chi connectivity index (χ1) is 7.74. The van der Waals surface area contributed by atoms with Gasteiger partial charge < -0.3 is 15.4 Å². The van der Waals surface area contributed by atoms with Gasteiger partial charge >= 0.3 is 6.03 Å². The van der Waals surface area contributed by atoms with Crippen LogP contribution >= 0.6 is 0 Å². The summed E-state index contributed by atoms with van der Waals surface area (Å²) >= 11 is 0. The molecule has 0 spiro atoms. The van der Waals surface area contributed by atoms with Crippen LogP contribution in [0.3, 0.4) is 0 Å². The number of rotatable bonds is 2. The molecule has 1 saturated carbocycles. The molecule has 4 nitrogen and oxygen atoms in total. The van der Waals surface area contributed by atoms with Crippen molar-refractivity contribution in [2.75, 3.05) is 13.2 Å². The third-order valence-electron chi connectivity index (χ3n) is 3.50. The highest BCUT2D eigenvalue weighted by molar-refractivity contribution is 5.74. The van der Waals surface area contributed by atoms with E-state index in [2.05, 4.69) is 17.6 Å². The Morgan fingerprint density at radius 1 is 1.12 bits per heavy atom. The maximum Gasteiger partial charge on any atom is 0.315 e. The van der Waals surface area contributed by atoms with E-state index in [9.17, 15) is 4.79 Å². The van der Waals surface area contributed by atoms with Crippen LogP contribution in [0, 0.1) is 5.92 Å². The van der Waals surface area contributed by atoms with Crippen LogP contribution in [0.25, 0.3) is 0 Å². The second kappa shape index (κ2) is 5.53. The topological polar surface area (TPSA) is 50.4 Å². The molecule has 2 amide bonds. The summed E-state index contributed by atoms with van der Waals surface area (Å²) in [4.78, 5) is 11.7. The van der Waals surface area contributed by atoms with Crippen molar-refractivity contribution in [2.24, 2.45) is 5.92 Å². The van der Waals surface area contributed by atoms with Gasteiger partial charge in [0.1, 0.15) is 0 Å². The van der Waals surface area contributed by atoms with E-state index in [1.54, 1.807) is 0 Å². The first-order valence-electron chi connectivity index (χ1n) is 6.39. The van der Waals surface area contributed by atoms with Crippen LogP contribution in [0.5, 0.6) is 0 Å². The monoisotopic (exact) mass is 226 g/mol. The summed E-state index contributed by atoms with van der Waals surface area (Å²) in [6, 6.07) is 0.695. The molecule has 2 rings (SSSR count). The van der Waals surface area contributed by atoms with Crippen LogP contribution in [0.4, 0.5) is 4.79 Å². The Morgan fingerprint density at radius 2 is 1.88 bits per heavy atom. The van der Waals surface area contributed by atoms with Crippen molar-refractivity contribution in [3.05, 3.63) is 0 Å². The Kier molecular flexibility index (Phi) is 4.04. The zero-order valence-corrected chi connectivity index (χ0v) is 10.00. The van der Waals surface area contributed by atoms with E-state index in [1.165, 1.54) is 0 Å². The molecule has 0 aromatic heterocycles. The van der Waals surface area contributed by atoms with Gasteiger partial charge in [-0.2, -0.15) is 0 Å². The van der Waals surface area contributed by atoms with Gasteiger partial charge in [0.15, 0.2) is 0 Å². The van der Waals surface area contributed by atoms with Crippen LogP contribution in [-0.4, -0.2) is 31.3 Å². The van der Waals surface area contributed by atoms with Crippen molar-refractivity contribution < 1.29 is 9.53 Å². The smallest absolute Gasteiger partial charge is 0.315 e. The zero-order valence-electron chi connectivity index (χ0n) is 10.00. The average Bonchev–Trinajstić information content (AvgIpc) is 2.44. The number of urea groups is 1. The Balaban J connectivity index is 1.65. The largest absolute Gasteiger partial charge is 0.381 e. The first kappa shape index (κ1) is 11.7. The summed E-state index contributed by atoms with van der Waals surface area (Å²) < 4.78 is 5.36. The molecule has 1 atom stereocenters. The number of carbonyl (C=O) groups is 1. The Labute approximate surface area is 97.1 Å². The maximum absolute atomic E-state index is 11.7. The van der Waals surface area contributed by atoms with Crippen LogP contribution in [0.15, 0.2) is 0 Å². The van der Waals surface area contributed by atoms with Crippen LogP contribution in [-0.2, 0) is 4.74 Å². The van der Waals surface area contributed by atoms with E-state index >= 15 is 0 Å². The molecular formula is C12H22N2O2. The molecule has 4 heteroatoms. The van der Waals surface area contributed by atoms with E-state index in [1.807, 2.05) is 0 Å². The predicted molar refractivity (Wildman–Crippen MR) is 62.3 cm³/mol. The quantitative estimate of drug-likeness (QED) is 0.752. The minimum absolute atomic E-state index is 0.00352. The Hall–Kier alpha value is -0.770. The molecule has 1 aliphatic heterocycles. The summed E-state index contributed by atoms with van der Waals surface area (Å²) in [5, 5.41) is 6.07. The van der Waals surface area contributed by atoms with Crippen LogP contribution in [0.1, 0.15) is 39.0 Å². The summed E-state index contributed by atoms with van der Waals surface area (Å²) in [5.74, 6) is 0.775. The highest BCUT2D eigenvalue weighted by atomic mass is 16.5. The number of amides is 2. The van der Waals surface area contributed by atoms with Gasteiger partial charge in [-0.25, -0.2) is 4.79 Å². The summed E-state index contributed by atoms with van der Waals surface area (Å²) in [6.07, 6.45) is 5.27. The Morgan fingerprint density at radius 3 is 2.62 bits per heavy atom. The van der Waals surface area contributed by atoms with E-state index in [-0.39, 0.29) is 6.03 Å². The second-order valence-electron chi connectivity index (χ2n) is 5.13. The van der Waals surface area contributed by atoms with E-state index < -0.39 is 0 Å². The number of carbonyl (C=O) groups excluding carboxylic acids is 1. The molecule has 0 aromatic carbocycles. The molecule has 0 radical (unpaired) electrons. The molecule has 0 aromatic rings. The molecule has 0 bridgehead atoms. The van der Waals surface area contributed by atoms with E-state index in [0.717, 1.165) is 51.2 Å². The standard InChI is InChI=1S/C12H22N2O2/c1-9-7-11(8-9)14-12(15)13-10-3-2-5-16-6-4-10/h9-11H,2-8H2,1H3,(H2,13,14,15). The lowest BCUT2D eigenvalue weighted by atomic mass is 9.82. The van der Waals surface area contributed by atoms with Gasteiger partial charge in [-0.1, -0.05) is 6.92 Å². The van der Waals surface area contributed by atoms with Crippen molar-refractivity contribution in [1.29, 1.82) is 0 Å². The second-order valence-corrected chi connectivity index (χ2v) is 5.13. The van der Waals surface area contributed by atoms with Gasteiger partial charge in [-0.15, -0.1) is 0 Å². The van der Waals surface area contributed by atoms with Crippen molar-refractivity contribution in [3.63, 3.8) is 0 Å². The van der Waals surface area contributed by atoms with E-state index in [4.69, 9.17) is 4.74 Å². The zero-order chi connectivity index (χ0) is 11.4. The third kappa shape index (κ3) is 3.37. The van der Waals surface area contributed by atoms with Crippen LogP contribution in [0.2, 0.25) is 0 Å². The Bertz CT molecular complexity index is 231. The van der Waals surface area contributed by atoms with Gasteiger partial charge in [-0.3, -0.25) is 0 Å². The molecule has 1 saturated heterocycles. The molecule has 2 N–H and O–H groups in total. The predicted octanol–water partition coefficient (Wildman–Crippen LogP) is 1.65. The van der Waals surface area contributed by atoms with Crippen molar-refractivity contribution in [2.45, 2.75) is 51.1 Å². The number of hydrogen-bond donors (Lipinski definition) is 2. The molecule has 1 heterocycles. The van der Waals surface area contributed by atoms with E-state index in [0.29, 0.717) is 12.1 Å². The number of nitrogens with one attached hydrogen (secondary N) is 2. The lowest BCUT2D eigenvalue weighted by Gasteiger charge is -2.33. The number of hydrogen-bond acceptors (Lipinski definition) is 2. The molecular weight excluding hydrogens is 204 g/mol. The molecule has 1 unspecified atom stereocenters. The third-order valence-corrected chi connectivity index (χ3v) is 3.50.